The van der Waals surface area contributed by atoms with Gasteiger partial charge in [0.2, 0.25) is 0 Å². The normalized spacial score (nSPS) is 23.1. The van der Waals surface area contributed by atoms with Gasteiger partial charge in [0.15, 0.2) is 0 Å². The third-order valence-electron chi connectivity index (χ3n) is 4.06. The molecule has 1 saturated heterocycles. The topological polar surface area (TPSA) is 66.3 Å². The number of carboxylic acid groups (broad SMARTS) is 1. The first-order chi connectivity index (χ1) is 9.11. The Kier molecular flexibility index (Phi) is 2.80. The van der Waals surface area contributed by atoms with E-state index < -0.39 is 11.9 Å². The third kappa shape index (κ3) is 1.74. The molecule has 3 rings (SSSR count). The van der Waals surface area contributed by atoms with E-state index in [2.05, 4.69) is 27.6 Å². The van der Waals surface area contributed by atoms with E-state index in [9.17, 15) is 9.90 Å². The summed E-state index contributed by atoms with van der Waals surface area (Å²) in [5.74, 6) is -1.21. The molecular weight excluding hydrogens is 242 g/mol. The lowest BCUT2D eigenvalue weighted by molar-refractivity contribution is -0.141. The maximum Gasteiger partial charge on any atom is 0.309 e. The molecule has 1 aromatic heterocycles. The number of hydrazine groups is 1. The van der Waals surface area contributed by atoms with Gasteiger partial charge in [0.05, 0.1) is 12.0 Å². The quantitative estimate of drug-likeness (QED) is 0.761. The van der Waals surface area contributed by atoms with Crippen LogP contribution in [0.1, 0.15) is 17.3 Å². The van der Waals surface area contributed by atoms with Crippen LogP contribution >= 0.6 is 0 Å². The van der Waals surface area contributed by atoms with E-state index in [1.165, 1.54) is 0 Å². The number of hydrogen-bond acceptors (Lipinski definition) is 3. The summed E-state index contributed by atoms with van der Waals surface area (Å²) in [5.41, 5.74) is 9.39. The fraction of sp³-hybridized carbons (Fsp3) is 0.357. The lowest BCUT2D eigenvalue weighted by Crippen LogP contribution is -2.26. The SMILES string of the molecule is Cc1c(C2NNCC2C(=O)O)c2ccccc2n1C. The largest absolute Gasteiger partial charge is 0.481 e. The molecule has 1 aliphatic heterocycles. The Hall–Kier alpha value is -1.85. The number of aryl methyl sites for hydroxylation is 1. The number of nitrogens with one attached hydrogen (secondary N) is 2. The Bertz CT molecular complexity index is 647. The van der Waals surface area contributed by atoms with Crippen LogP contribution < -0.4 is 10.9 Å². The molecule has 1 aliphatic rings. The highest BCUT2D eigenvalue weighted by Gasteiger charge is 2.36. The molecule has 5 heteroatoms. The van der Waals surface area contributed by atoms with Crippen molar-refractivity contribution in [1.82, 2.24) is 15.4 Å². The number of rotatable bonds is 2. The van der Waals surface area contributed by atoms with Crippen LogP contribution in [0, 0.1) is 12.8 Å². The van der Waals surface area contributed by atoms with Crippen LogP contribution in [0.2, 0.25) is 0 Å². The molecule has 1 fully saturated rings. The minimum Gasteiger partial charge on any atom is -0.481 e. The number of aliphatic carboxylic acids is 1. The first-order valence-electron chi connectivity index (χ1n) is 6.36. The minimum atomic E-state index is -0.769. The van der Waals surface area contributed by atoms with Crippen molar-refractivity contribution in [3.05, 3.63) is 35.5 Å². The Balaban J connectivity index is 2.20. The van der Waals surface area contributed by atoms with E-state index in [0.717, 1.165) is 22.2 Å². The van der Waals surface area contributed by atoms with E-state index >= 15 is 0 Å². The number of aromatic nitrogens is 1. The summed E-state index contributed by atoms with van der Waals surface area (Å²) in [4.78, 5) is 11.4. The maximum absolute atomic E-state index is 11.4. The third-order valence-corrected chi connectivity index (χ3v) is 4.06. The Morgan fingerprint density at radius 1 is 1.42 bits per heavy atom. The number of nitrogens with zero attached hydrogens (tertiary/aromatic N) is 1. The zero-order valence-electron chi connectivity index (χ0n) is 11.0. The smallest absolute Gasteiger partial charge is 0.309 e. The number of para-hydroxylation sites is 1. The molecule has 3 N–H and O–H groups in total. The van der Waals surface area contributed by atoms with E-state index in [-0.39, 0.29) is 6.04 Å². The van der Waals surface area contributed by atoms with Crippen LogP contribution in [0.15, 0.2) is 24.3 Å². The Morgan fingerprint density at radius 2 is 2.16 bits per heavy atom. The Morgan fingerprint density at radius 3 is 2.89 bits per heavy atom. The van der Waals surface area contributed by atoms with Crippen molar-refractivity contribution in [3.8, 4) is 0 Å². The van der Waals surface area contributed by atoms with Gasteiger partial charge in [-0.3, -0.25) is 10.2 Å². The van der Waals surface area contributed by atoms with Gasteiger partial charge in [0.1, 0.15) is 0 Å². The van der Waals surface area contributed by atoms with Crippen molar-refractivity contribution in [2.24, 2.45) is 13.0 Å². The summed E-state index contributed by atoms with van der Waals surface area (Å²) in [7, 11) is 2.01. The van der Waals surface area contributed by atoms with Crippen molar-refractivity contribution in [3.63, 3.8) is 0 Å². The second-order valence-corrected chi connectivity index (χ2v) is 5.02. The van der Waals surface area contributed by atoms with Crippen LogP contribution in [-0.2, 0) is 11.8 Å². The highest BCUT2D eigenvalue weighted by atomic mass is 16.4. The minimum absolute atomic E-state index is 0.191. The lowest BCUT2D eigenvalue weighted by atomic mass is 9.93. The van der Waals surface area contributed by atoms with Crippen LogP contribution in [0.5, 0.6) is 0 Å². The average Bonchev–Trinajstić information content (AvgIpc) is 2.95. The number of carboxylic acids is 1. The molecule has 0 spiro atoms. The summed E-state index contributed by atoms with van der Waals surface area (Å²) >= 11 is 0. The van der Waals surface area contributed by atoms with Crippen LogP contribution in [0.25, 0.3) is 10.9 Å². The predicted octanol–water partition coefficient (Wildman–Crippen LogP) is 1.34. The van der Waals surface area contributed by atoms with E-state index in [1.807, 2.05) is 26.1 Å². The monoisotopic (exact) mass is 259 g/mol. The molecular formula is C14H17N3O2. The van der Waals surface area contributed by atoms with Gasteiger partial charge in [-0.15, -0.1) is 0 Å². The van der Waals surface area contributed by atoms with E-state index in [0.29, 0.717) is 6.54 Å². The summed E-state index contributed by atoms with van der Waals surface area (Å²) in [6, 6.07) is 7.91. The summed E-state index contributed by atoms with van der Waals surface area (Å²) in [6.45, 7) is 2.48. The van der Waals surface area contributed by atoms with Crippen molar-refractivity contribution < 1.29 is 9.90 Å². The first kappa shape index (κ1) is 12.2. The van der Waals surface area contributed by atoms with E-state index in [4.69, 9.17) is 0 Å². The van der Waals surface area contributed by atoms with E-state index in [1.54, 1.807) is 0 Å². The van der Waals surface area contributed by atoms with Crippen molar-refractivity contribution in [2.75, 3.05) is 6.54 Å². The summed E-state index contributed by atoms with van der Waals surface area (Å²) < 4.78 is 2.11. The first-order valence-corrected chi connectivity index (χ1v) is 6.36. The van der Waals surface area contributed by atoms with Gasteiger partial charge in [-0.1, -0.05) is 18.2 Å². The van der Waals surface area contributed by atoms with Gasteiger partial charge < -0.3 is 9.67 Å². The van der Waals surface area contributed by atoms with Crippen molar-refractivity contribution in [2.45, 2.75) is 13.0 Å². The second-order valence-electron chi connectivity index (χ2n) is 5.02. The fourth-order valence-electron chi connectivity index (χ4n) is 2.94. The van der Waals surface area contributed by atoms with Gasteiger partial charge >= 0.3 is 5.97 Å². The second kappa shape index (κ2) is 4.36. The molecule has 0 radical (unpaired) electrons. The predicted molar refractivity (Wildman–Crippen MR) is 72.7 cm³/mol. The van der Waals surface area contributed by atoms with Gasteiger partial charge in [-0.05, 0) is 18.6 Å². The molecule has 2 aromatic rings. The van der Waals surface area contributed by atoms with Gasteiger partial charge in [0.25, 0.3) is 0 Å². The van der Waals surface area contributed by atoms with Crippen LogP contribution in [0.3, 0.4) is 0 Å². The standard InChI is InChI=1S/C14H17N3O2/c1-8-12(13-10(14(18)19)7-15-16-13)9-5-3-4-6-11(9)17(8)2/h3-6,10,13,15-16H,7H2,1-2H3,(H,18,19). The molecule has 2 heterocycles. The number of carbonyl (C=O) groups is 1. The molecule has 5 nitrogen and oxygen atoms in total. The molecule has 0 amide bonds. The molecule has 0 saturated carbocycles. The number of benzene rings is 1. The van der Waals surface area contributed by atoms with Gasteiger partial charge in [-0.25, -0.2) is 5.43 Å². The summed E-state index contributed by atoms with van der Waals surface area (Å²) in [5, 5.41) is 10.4. The molecule has 0 bridgehead atoms. The molecule has 100 valence electrons. The van der Waals surface area contributed by atoms with Crippen LogP contribution in [-0.4, -0.2) is 22.2 Å². The molecule has 0 aliphatic carbocycles. The molecule has 19 heavy (non-hydrogen) atoms. The van der Waals surface area contributed by atoms with Crippen LogP contribution in [0.4, 0.5) is 0 Å². The number of fused-ring (bicyclic) bond motifs is 1. The number of hydrogen-bond donors (Lipinski definition) is 3. The maximum atomic E-state index is 11.4. The molecule has 2 atom stereocenters. The molecule has 1 aromatic carbocycles. The van der Waals surface area contributed by atoms with Gasteiger partial charge in [0, 0.05) is 30.2 Å². The Labute approximate surface area is 111 Å². The highest BCUT2D eigenvalue weighted by molar-refractivity contribution is 5.87. The van der Waals surface area contributed by atoms with Crippen molar-refractivity contribution >= 4 is 16.9 Å². The summed E-state index contributed by atoms with van der Waals surface area (Å²) in [6.07, 6.45) is 0. The zero-order valence-corrected chi connectivity index (χ0v) is 11.0. The van der Waals surface area contributed by atoms with Gasteiger partial charge in [-0.2, -0.15) is 0 Å². The average molecular weight is 259 g/mol. The highest BCUT2D eigenvalue weighted by Crippen LogP contribution is 2.35. The fourth-order valence-corrected chi connectivity index (χ4v) is 2.94. The van der Waals surface area contributed by atoms with Crippen molar-refractivity contribution in [1.29, 1.82) is 0 Å². The zero-order chi connectivity index (χ0) is 13.6. The molecule has 2 unspecified atom stereocenters. The lowest BCUT2D eigenvalue weighted by Gasteiger charge is -2.16.